The summed E-state index contributed by atoms with van der Waals surface area (Å²) in [7, 11) is 3.47. The van der Waals surface area contributed by atoms with Crippen LogP contribution >= 0.6 is 11.3 Å². The number of thiazole rings is 1. The van der Waals surface area contributed by atoms with Crippen LogP contribution in [-0.2, 0) is 11.3 Å². The summed E-state index contributed by atoms with van der Waals surface area (Å²) < 4.78 is 4.99. The molecule has 1 heterocycles. The van der Waals surface area contributed by atoms with Crippen LogP contribution in [0.15, 0.2) is 0 Å². The topological polar surface area (TPSA) is 62.7 Å². The Bertz CT molecular complexity index is 429. The third-order valence-corrected chi connectivity index (χ3v) is 4.38. The molecule has 0 aliphatic carbocycles. The Kier molecular flexibility index (Phi) is 4.70. The number of methoxy groups -OCH3 is 1. The highest BCUT2D eigenvalue weighted by Crippen LogP contribution is 2.31. The molecule has 0 aliphatic heterocycles. The average molecular weight is 272 g/mol. The van der Waals surface area contributed by atoms with E-state index in [2.05, 4.69) is 25.8 Å². The molecule has 5 nitrogen and oxygen atoms in total. The van der Waals surface area contributed by atoms with Crippen molar-refractivity contribution in [2.45, 2.75) is 39.3 Å². The number of carbonyl (C=O) groups is 1. The molecule has 0 saturated carbocycles. The minimum atomic E-state index is -0.950. The summed E-state index contributed by atoms with van der Waals surface area (Å²) in [5.41, 5.74) is 0.432. The lowest BCUT2D eigenvalue weighted by Gasteiger charge is -2.34. The lowest BCUT2D eigenvalue weighted by molar-refractivity contribution is 0.0697. The van der Waals surface area contributed by atoms with Gasteiger partial charge in [-0.2, -0.15) is 0 Å². The third-order valence-electron chi connectivity index (χ3n) is 3.22. The molecule has 1 aromatic rings. The lowest BCUT2D eigenvalue weighted by atomic mass is 10.0. The molecule has 0 radical (unpaired) electrons. The average Bonchev–Trinajstić information content (AvgIpc) is 2.72. The van der Waals surface area contributed by atoms with Crippen LogP contribution in [-0.4, -0.2) is 35.8 Å². The van der Waals surface area contributed by atoms with Gasteiger partial charge in [0.25, 0.3) is 0 Å². The van der Waals surface area contributed by atoms with Crippen LogP contribution in [0.2, 0.25) is 0 Å². The predicted octanol–water partition coefficient (Wildman–Crippen LogP) is 2.61. The number of ether oxygens (including phenoxy) is 1. The monoisotopic (exact) mass is 272 g/mol. The van der Waals surface area contributed by atoms with Gasteiger partial charge in [-0.25, -0.2) is 9.78 Å². The van der Waals surface area contributed by atoms with Gasteiger partial charge >= 0.3 is 5.97 Å². The van der Waals surface area contributed by atoms with Gasteiger partial charge in [0.15, 0.2) is 5.13 Å². The van der Waals surface area contributed by atoms with Gasteiger partial charge < -0.3 is 14.7 Å². The first-order chi connectivity index (χ1) is 8.33. The van der Waals surface area contributed by atoms with E-state index in [4.69, 9.17) is 9.84 Å². The minimum absolute atomic E-state index is 0.0576. The fraction of sp³-hybridized carbons (Fsp3) is 0.667. The summed E-state index contributed by atoms with van der Waals surface area (Å²) in [4.78, 5) is 17.8. The Hall–Kier alpha value is -1.14. The molecule has 1 rings (SSSR count). The van der Waals surface area contributed by atoms with Gasteiger partial charge in [0, 0.05) is 19.7 Å². The van der Waals surface area contributed by atoms with Crippen molar-refractivity contribution in [3.8, 4) is 0 Å². The number of carboxylic acids is 1. The van der Waals surface area contributed by atoms with Crippen molar-refractivity contribution < 1.29 is 14.6 Å². The molecule has 0 spiro atoms. The second-order valence-electron chi connectivity index (χ2n) is 4.74. The number of hydrogen-bond donors (Lipinski definition) is 1. The van der Waals surface area contributed by atoms with E-state index in [0.717, 1.165) is 6.42 Å². The Morgan fingerprint density at radius 1 is 1.56 bits per heavy atom. The first-order valence-corrected chi connectivity index (χ1v) is 6.61. The molecule has 0 atom stereocenters. The molecule has 1 N–H and O–H groups in total. The number of aromatic carboxylic acids is 1. The van der Waals surface area contributed by atoms with E-state index in [1.807, 2.05) is 11.9 Å². The molecular weight excluding hydrogens is 252 g/mol. The second kappa shape index (κ2) is 5.67. The van der Waals surface area contributed by atoms with Gasteiger partial charge in [0.1, 0.15) is 4.88 Å². The van der Waals surface area contributed by atoms with E-state index in [9.17, 15) is 4.79 Å². The summed E-state index contributed by atoms with van der Waals surface area (Å²) in [5.74, 6) is -0.950. The van der Waals surface area contributed by atoms with E-state index in [1.165, 1.54) is 18.4 Å². The summed E-state index contributed by atoms with van der Waals surface area (Å²) >= 11 is 1.19. The van der Waals surface area contributed by atoms with Crippen LogP contribution in [0, 0.1) is 0 Å². The second-order valence-corrected chi connectivity index (χ2v) is 5.71. The highest BCUT2D eigenvalue weighted by molar-refractivity contribution is 7.17. The van der Waals surface area contributed by atoms with Gasteiger partial charge in [-0.05, 0) is 20.3 Å². The SMILES string of the molecule is CCC(C)(C)N(C)c1nc(COC)c(C(=O)O)s1. The molecular formula is C12H20N2O3S. The van der Waals surface area contributed by atoms with Gasteiger partial charge in [-0.3, -0.25) is 0 Å². The van der Waals surface area contributed by atoms with E-state index in [0.29, 0.717) is 10.8 Å². The highest BCUT2D eigenvalue weighted by atomic mass is 32.1. The van der Waals surface area contributed by atoms with E-state index in [1.54, 1.807) is 0 Å². The molecule has 0 fully saturated rings. The lowest BCUT2D eigenvalue weighted by Crippen LogP contribution is -2.40. The summed E-state index contributed by atoms with van der Waals surface area (Å²) in [6, 6.07) is 0. The van der Waals surface area contributed by atoms with Crippen LogP contribution in [0.1, 0.15) is 42.6 Å². The molecule has 0 aliphatic rings. The minimum Gasteiger partial charge on any atom is -0.477 e. The van der Waals surface area contributed by atoms with Crippen molar-refractivity contribution in [1.29, 1.82) is 0 Å². The number of aromatic nitrogens is 1. The van der Waals surface area contributed by atoms with Crippen molar-refractivity contribution in [2.24, 2.45) is 0 Å². The first kappa shape index (κ1) is 14.9. The summed E-state index contributed by atoms with van der Waals surface area (Å²) in [6.07, 6.45) is 0.949. The van der Waals surface area contributed by atoms with Gasteiger partial charge in [0.2, 0.25) is 0 Å². The molecule has 0 unspecified atom stereocenters. The smallest absolute Gasteiger partial charge is 0.347 e. The van der Waals surface area contributed by atoms with Crippen LogP contribution in [0.25, 0.3) is 0 Å². The molecule has 1 aromatic heterocycles. The summed E-state index contributed by atoms with van der Waals surface area (Å²) in [6.45, 7) is 6.52. The Morgan fingerprint density at radius 2 is 2.17 bits per heavy atom. The van der Waals surface area contributed by atoms with Crippen molar-refractivity contribution in [1.82, 2.24) is 4.98 Å². The number of anilines is 1. The van der Waals surface area contributed by atoms with Gasteiger partial charge in [-0.1, -0.05) is 18.3 Å². The zero-order chi connectivity index (χ0) is 13.9. The van der Waals surface area contributed by atoms with Crippen molar-refractivity contribution in [3.05, 3.63) is 10.6 Å². The third kappa shape index (κ3) is 3.00. The number of nitrogens with zero attached hydrogens (tertiary/aromatic N) is 2. The zero-order valence-electron chi connectivity index (χ0n) is 11.5. The first-order valence-electron chi connectivity index (χ1n) is 5.79. The zero-order valence-corrected chi connectivity index (χ0v) is 12.3. The summed E-state index contributed by atoms with van der Waals surface area (Å²) in [5, 5.41) is 9.86. The van der Waals surface area contributed by atoms with Crippen LogP contribution in [0.4, 0.5) is 5.13 Å². The standard InChI is InChI=1S/C12H20N2O3S/c1-6-12(2,3)14(4)11-13-8(7-17-5)9(18-11)10(15)16/h6-7H2,1-5H3,(H,15,16). The van der Waals surface area contributed by atoms with E-state index in [-0.39, 0.29) is 17.0 Å². The van der Waals surface area contributed by atoms with Gasteiger partial charge in [0.05, 0.1) is 12.3 Å². The molecule has 18 heavy (non-hydrogen) atoms. The molecule has 0 saturated heterocycles. The van der Waals surface area contributed by atoms with Crippen molar-refractivity contribution >= 4 is 22.4 Å². The number of carboxylic acid groups (broad SMARTS) is 1. The fourth-order valence-electron chi connectivity index (χ4n) is 1.38. The number of hydrogen-bond acceptors (Lipinski definition) is 5. The quantitative estimate of drug-likeness (QED) is 0.862. The Labute approximate surface area is 111 Å². The molecule has 0 bridgehead atoms. The van der Waals surface area contributed by atoms with Crippen molar-refractivity contribution in [2.75, 3.05) is 19.1 Å². The van der Waals surface area contributed by atoms with E-state index >= 15 is 0 Å². The Balaban J connectivity index is 3.11. The van der Waals surface area contributed by atoms with E-state index < -0.39 is 5.97 Å². The maximum Gasteiger partial charge on any atom is 0.347 e. The molecule has 6 heteroatoms. The van der Waals surface area contributed by atoms with Crippen LogP contribution in [0.3, 0.4) is 0 Å². The molecule has 0 aromatic carbocycles. The number of rotatable bonds is 6. The normalized spacial score (nSPS) is 11.6. The fourth-order valence-corrected chi connectivity index (χ4v) is 2.41. The Morgan fingerprint density at radius 3 is 2.61 bits per heavy atom. The largest absolute Gasteiger partial charge is 0.477 e. The predicted molar refractivity (Wildman–Crippen MR) is 72.6 cm³/mol. The molecule has 0 amide bonds. The maximum atomic E-state index is 11.1. The maximum absolute atomic E-state index is 11.1. The van der Waals surface area contributed by atoms with Gasteiger partial charge in [-0.15, -0.1) is 0 Å². The van der Waals surface area contributed by atoms with Crippen molar-refractivity contribution in [3.63, 3.8) is 0 Å². The van der Waals surface area contributed by atoms with Crippen LogP contribution < -0.4 is 4.90 Å². The highest BCUT2D eigenvalue weighted by Gasteiger charge is 2.26. The molecule has 102 valence electrons. The van der Waals surface area contributed by atoms with Crippen LogP contribution in [0.5, 0.6) is 0 Å².